The Bertz CT molecular complexity index is 258. The second kappa shape index (κ2) is 6.20. The predicted octanol–water partition coefficient (Wildman–Crippen LogP) is 0.679. The molecular formula is C10H17F3N2O2. The quantitative estimate of drug-likeness (QED) is 0.709. The summed E-state index contributed by atoms with van der Waals surface area (Å²) in [6.07, 6.45) is -3.38. The van der Waals surface area contributed by atoms with E-state index in [2.05, 4.69) is 15.4 Å². The van der Waals surface area contributed by atoms with E-state index in [-0.39, 0.29) is 31.0 Å². The van der Waals surface area contributed by atoms with Crippen LogP contribution in [-0.2, 0) is 9.53 Å². The molecule has 0 saturated carbocycles. The minimum Gasteiger partial charge on any atom is -0.370 e. The number of ether oxygens (including phenoxy) is 1. The zero-order valence-corrected chi connectivity index (χ0v) is 9.64. The first-order chi connectivity index (χ1) is 7.90. The van der Waals surface area contributed by atoms with Crippen LogP contribution in [0.5, 0.6) is 0 Å². The number of rotatable bonds is 5. The third-order valence-electron chi connectivity index (χ3n) is 2.63. The topological polar surface area (TPSA) is 50.4 Å². The van der Waals surface area contributed by atoms with Crippen molar-refractivity contribution in [1.29, 1.82) is 0 Å². The van der Waals surface area contributed by atoms with Gasteiger partial charge in [0.15, 0.2) is 0 Å². The Morgan fingerprint density at radius 3 is 2.76 bits per heavy atom. The van der Waals surface area contributed by atoms with Crippen molar-refractivity contribution in [2.24, 2.45) is 5.92 Å². The van der Waals surface area contributed by atoms with Gasteiger partial charge in [-0.05, 0) is 18.9 Å². The Hall–Kier alpha value is -0.820. The molecule has 0 radical (unpaired) electrons. The van der Waals surface area contributed by atoms with Gasteiger partial charge in [0, 0.05) is 6.54 Å². The molecule has 4 nitrogen and oxygen atoms in total. The van der Waals surface area contributed by atoms with Gasteiger partial charge in [0.2, 0.25) is 5.91 Å². The van der Waals surface area contributed by atoms with Crippen LogP contribution >= 0.6 is 0 Å². The van der Waals surface area contributed by atoms with Crippen molar-refractivity contribution in [2.45, 2.75) is 25.6 Å². The van der Waals surface area contributed by atoms with E-state index in [4.69, 9.17) is 0 Å². The average molecular weight is 254 g/mol. The third-order valence-corrected chi connectivity index (χ3v) is 2.63. The summed E-state index contributed by atoms with van der Waals surface area (Å²) in [5, 5.41) is 5.59. The van der Waals surface area contributed by atoms with E-state index in [1.807, 2.05) is 6.92 Å². The van der Waals surface area contributed by atoms with Gasteiger partial charge < -0.3 is 15.4 Å². The highest BCUT2D eigenvalue weighted by Crippen LogP contribution is 2.15. The number of hydrogen-bond donors (Lipinski definition) is 2. The van der Waals surface area contributed by atoms with Crippen LogP contribution in [-0.4, -0.2) is 44.4 Å². The standard InChI is InChI=1S/C10H17F3N2O2/c1-7-2-3-14-8(7)9(16)15-4-5-17-6-10(11,12)13/h7-8,14H,2-6H2,1H3,(H,15,16). The molecular weight excluding hydrogens is 237 g/mol. The van der Waals surface area contributed by atoms with Crippen molar-refractivity contribution in [3.8, 4) is 0 Å². The van der Waals surface area contributed by atoms with Gasteiger partial charge in [-0.3, -0.25) is 4.79 Å². The molecule has 1 aliphatic heterocycles. The van der Waals surface area contributed by atoms with Gasteiger partial charge in [0.1, 0.15) is 6.61 Å². The summed E-state index contributed by atoms with van der Waals surface area (Å²) in [4.78, 5) is 11.6. The Morgan fingerprint density at radius 1 is 1.53 bits per heavy atom. The van der Waals surface area contributed by atoms with E-state index >= 15 is 0 Å². The Morgan fingerprint density at radius 2 is 2.24 bits per heavy atom. The van der Waals surface area contributed by atoms with Crippen molar-refractivity contribution in [3.63, 3.8) is 0 Å². The highest BCUT2D eigenvalue weighted by molar-refractivity contribution is 5.82. The van der Waals surface area contributed by atoms with E-state index < -0.39 is 12.8 Å². The van der Waals surface area contributed by atoms with Gasteiger partial charge in [0.05, 0.1) is 12.6 Å². The van der Waals surface area contributed by atoms with Crippen molar-refractivity contribution in [3.05, 3.63) is 0 Å². The first-order valence-corrected chi connectivity index (χ1v) is 5.56. The van der Waals surface area contributed by atoms with Gasteiger partial charge in [-0.2, -0.15) is 13.2 Å². The molecule has 7 heteroatoms. The van der Waals surface area contributed by atoms with Crippen LogP contribution in [0.3, 0.4) is 0 Å². The molecule has 0 spiro atoms. The summed E-state index contributed by atoms with van der Waals surface area (Å²) in [6, 6.07) is -0.238. The second-order valence-corrected chi connectivity index (χ2v) is 4.16. The van der Waals surface area contributed by atoms with Crippen molar-refractivity contribution < 1.29 is 22.7 Å². The summed E-state index contributed by atoms with van der Waals surface area (Å²) >= 11 is 0. The molecule has 1 fully saturated rings. The predicted molar refractivity (Wildman–Crippen MR) is 55.5 cm³/mol. The first kappa shape index (κ1) is 14.2. The molecule has 1 amide bonds. The molecule has 1 aliphatic rings. The molecule has 1 saturated heterocycles. The van der Waals surface area contributed by atoms with E-state index in [1.54, 1.807) is 0 Å². The molecule has 17 heavy (non-hydrogen) atoms. The number of halogens is 3. The molecule has 2 N–H and O–H groups in total. The maximum Gasteiger partial charge on any atom is 0.411 e. The minimum absolute atomic E-state index is 0.0970. The van der Waals surface area contributed by atoms with E-state index in [0.717, 1.165) is 13.0 Å². The number of alkyl halides is 3. The van der Waals surface area contributed by atoms with E-state index in [9.17, 15) is 18.0 Å². The SMILES string of the molecule is CC1CCNC1C(=O)NCCOCC(F)(F)F. The Kier molecular flexibility index (Phi) is 5.20. The fourth-order valence-corrected chi connectivity index (χ4v) is 1.73. The Balaban J connectivity index is 2.08. The number of amides is 1. The normalized spacial score (nSPS) is 24.9. The van der Waals surface area contributed by atoms with Crippen molar-refractivity contribution in [1.82, 2.24) is 10.6 Å². The van der Waals surface area contributed by atoms with Gasteiger partial charge in [0.25, 0.3) is 0 Å². The van der Waals surface area contributed by atoms with Crippen LogP contribution in [0.1, 0.15) is 13.3 Å². The smallest absolute Gasteiger partial charge is 0.370 e. The fourth-order valence-electron chi connectivity index (χ4n) is 1.73. The van der Waals surface area contributed by atoms with Gasteiger partial charge >= 0.3 is 6.18 Å². The molecule has 0 aromatic carbocycles. The van der Waals surface area contributed by atoms with Crippen molar-refractivity contribution >= 4 is 5.91 Å². The van der Waals surface area contributed by atoms with Gasteiger partial charge in [-0.25, -0.2) is 0 Å². The van der Waals surface area contributed by atoms with Crippen LogP contribution in [0.25, 0.3) is 0 Å². The van der Waals surface area contributed by atoms with Crippen molar-refractivity contribution in [2.75, 3.05) is 26.3 Å². The summed E-state index contributed by atoms with van der Waals surface area (Å²) in [7, 11) is 0. The van der Waals surface area contributed by atoms with Gasteiger partial charge in [-0.15, -0.1) is 0 Å². The molecule has 0 aliphatic carbocycles. The lowest BCUT2D eigenvalue weighted by atomic mass is 10.0. The molecule has 2 atom stereocenters. The van der Waals surface area contributed by atoms with Crippen LogP contribution < -0.4 is 10.6 Å². The maximum absolute atomic E-state index is 11.7. The molecule has 1 rings (SSSR count). The third kappa shape index (κ3) is 5.36. The summed E-state index contributed by atoms with van der Waals surface area (Å²) in [5.41, 5.74) is 0. The summed E-state index contributed by atoms with van der Waals surface area (Å²) in [6.45, 7) is 1.45. The van der Waals surface area contributed by atoms with Crippen LogP contribution in [0, 0.1) is 5.92 Å². The molecule has 0 aromatic rings. The Labute approximate surface area is 97.9 Å². The molecule has 0 aromatic heterocycles. The average Bonchev–Trinajstić information content (AvgIpc) is 2.62. The second-order valence-electron chi connectivity index (χ2n) is 4.16. The lowest BCUT2D eigenvalue weighted by Crippen LogP contribution is -2.44. The highest BCUT2D eigenvalue weighted by atomic mass is 19.4. The van der Waals surface area contributed by atoms with E-state index in [1.165, 1.54) is 0 Å². The number of hydrogen-bond acceptors (Lipinski definition) is 3. The number of nitrogens with one attached hydrogen (secondary N) is 2. The molecule has 0 bridgehead atoms. The molecule has 100 valence electrons. The molecule has 2 unspecified atom stereocenters. The monoisotopic (exact) mass is 254 g/mol. The van der Waals surface area contributed by atoms with Crippen LogP contribution in [0.2, 0.25) is 0 Å². The lowest BCUT2D eigenvalue weighted by Gasteiger charge is -2.15. The molecule has 1 heterocycles. The van der Waals surface area contributed by atoms with Gasteiger partial charge in [-0.1, -0.05) is 6.92 Å². The maximum atomic E-state index is 11.7. The summed E-state index contributed by atoms with van der Waals surface area (Å²) in [5.74, 6) is 0.0803. The van der Waals surface area contributed by atoms with E-state index in [0.29, 0.717) is 0 Å². The number of carbonyl (C=O) groups excluding carboxylic acids is 1. The zero-order chi connectivity index (χ0) is 12.9. The fraction of sp³-hybridized carbons (Fsp3) is 0.900. The highest BCUT2D eigenvalue weighted by Gasteiger charge is 2.29. The largest absolute Gasteiger partial charge is 0.411 e. The first-order valence-electron chi connectivity index (χ1n) is 5.56. The van der Waals surface area contributed by atoms with Crippen LogP contribution in [0.4, 0.5) is 13.2 Å². The van der Waals surface area contributed by atoms with Crippen LogP contribution in [0.15, 0.2) is 0 Å². The lowest BCUT2D eigenvalue weighted by molar-refractivity contribution is -0.173. The minimum atomic E-state index is -4.31. The summed E-state index contributed by atoms with van der Waals surface area (Å²) < 4.78 is 39.5. The number of carbonyl (C=O) groups is 1. The zero-order valence-electron chi connectivity index (χ0n) is 9.64.